The van der Waals surface area contributed by atoms with Crippen molar-refractivity contribution in [3.05, 3.63) is 47.1 Å². The number of benzene rings is 1. The average molecular weight is 273 g/mol. The second-order valence-corrected chi connectivity index (χ2v) is 6.49. The zero-order valence-corrected chi connectivity index (χ0v) is 12.2. The summed E-state index contributed by atoms with van der Waals surface area (Å²) in [6, 6.07) is 9.86. The lowest BCUT2D eigenvalue weighted by Crippen LogP contribution is -2.33. The van der Waals surface area contributed by atoms with E-state index >= 15 is 0 Å². The van der Waals surface area contributed by atoms with Crippen molar-refractivity contribution in [3.63, 3.8) is 0 Å². The molecule has 0 amide bonds. The van der Waals surface area contributed by atoms with Gasteiger partial charge in [0.2, 0.25) is 0 Å². The van der Waals surface area contributed by atoms with Gasteiger partial charge in [-0.1, -0.05) is 44.5 Å². The lowest BCUT2D eigenvalue weighted by Gasteiger charge is -2.27. The summed E-state index contributed by atoms with van der Waals surface area (Å²) in [5, 5.41) is 10.4. The summed E-state index contributed by atoms with van der Waals surface area (Å²) in [4.78, 5) is 4.42. The van der Waals surface area contributed by atoms with Crippen LogP contribution in [0.3, 0.4) is 0 Å². The summed E-state index contributed by atoms with van der Waals surface area (Å²) in [7, 11) is 0. The van der Waals surface area contributed by atoms with Crippen molar-refractivity contribution in [2.45, 2.75) is 32.6 Å². The Kier molecular flexibility index (Phi) is 3.52. The van der Waals surface area contributed by atoms with Crippen LogP contribution in [0.2, 0.25) is 5.02 Å². The predicted molar refractivity (Wildman–Crippen MR) is 79.4 cm³/mol. The molecule has 0 aliphatic carbocycles. The summed E-state index contributed by atoms with van der Waals surface area (Å²) < 4.78 is 0. The fourth-order valence-corrected chi connectivity index (χ4v) is 2.39. The number of halogens is 1. The number of hydrogen-bond donors (Lipinski definition) is 0. The molecule has 0 spiro atoms. The van der Waals surface area contributed by atoms with E-state index in [4.69, 9.17) is 11.6 Å². The van der Waals surface area contributed by atoms with Gasteiger partial charge < -0.3 is 0 Å². The third-order valence-corrected chi connectivity index (χ3v) is 3.44. The predicted octanol–water partition coefficient (Wildman–Crippen LogP) is 4.51. The fourth-order valence-electron chi connectivity index (χ4n) is 2.27. The monoisotopic (exact) mass is 272 g/mol. The van der Waals surface area contributed by atoms with E-state index < -0.39 is 5.41 Å². The molecular formula is C16H17ClN2. The first-order chi connectivity index (χ1) is 8.87. The Morgan fingerprint density at radius 3 is 2.42 bits per heavy atom. The zero-order valence-electron chi connectivity index (χ0n) is 11.4. The number of rotatable bonds is 2. The Balaban J connectivity index is 2.43. The molecule has 0 saturated heterocycles. The van der Waals surface area contributed by atoms with E-state index in [1.54, 1.807) is 6.20 Å². The van der Waals surface area contributed by atoms with Crippen molar-refractivity contribution in [2.24, 2.45) is 10.4 Å². The smallest absolute Gasteiger partial charge is 0.140 e. The van der Waals surface area contributed by atoms with Crippen LogP contribution in [-0.2, 0) is 5.41 Å². The normalized spacial score (nSPS) is 22.2. The van der Waals surface area contributed by atoms with Gasteiger partial charge in [0.25, 0.3) is 0 Å². The summed E-state index contributed by atoms with van der Waals surface area (Å²) in [6.45, 7) is 6.45. The SMILES string of the molecule is CC(C)(C)CC1=NC=CC1(C#N)c1ccc(Cl)cc1. The Bertz CT molecular complexity index is 570. The number of allylic oxidation sites excluding steroid dienone is 1. The molecule has 0 bridgehead atoms. The van der Waals surface area contributed by atoms with Crippen LogP contribution in [0.1, 0.15) is 32.8 Å². The Labute approximate surface area is 119 Å². The van der Waals surface area contributed by atoms with Gasteiger partial charge in [0.1, 0.15) is 5.41 Å². The van der Waals surface area contributed by atoms with E-state index in [1.807, 2.05) is 30.3 Å². The van der Waals surface area contributed by atoms with Gasteiger partial charge in [0.05, 0.1) is 6.07 Å². The molecule has 1 aromatic rings. The molecule has 0 N–H and O–H groups in total. The molecule has 19 heavy (non-hydrogen) atoms. The van der Waals surface area contributed by atoms with Crippen LogP contribution in [-0.4, -0.2) is 5.71 Å². The third-order valence-electron chi connectivity index (χ3n) is 3.18. The van der Waals surface area contributed by atoms with E-state index in [9.17, 15) is 5.26 Å². The van der Waals surface area contributed by atoms with Crippen LogP contribution in [0.25, 0.3) is 0 Å². The molecule has 0 radical (unpaired) electrons. The largest absolute Gasteiger partial charge is 0.264 e. The van der Waals surface area contributed by atoms with Crippen molar-refractivity contribution < 1.29 is 0 Å². The summed E-state index contributed by atoms with van der Waals surface area (Å²) in [5.74, 6) is 0. The summed E-state index contributed by atoms with van der Waals surface area (Å²) in [5.41, 5.74) is 1.19. The zero-order chi connectivity index (χ0) is 14.1. The maximum atomic E-state index is 9.69. The van der Waals surface area contributed by atoms with E-state index in [-0.39, 0.29) is 5.41 Å². The van der Waals surface area contributed by atoms with Crippen molar-refractivity contribution in [1.29, 1.82) is 5.26 Å². The van der Waals surface area contributed by atoms with Crippen LogP contribution in [0.4, 0.5) is 0 Å². The van der Waals surface area contributed by atoms with Crippen molar-refractivity contribution in [2.75, 3.05) is 0 Å². The highest BCUT2D eigenvalue weighted by molar-refractivity contribution is 6.30. The third kappa shape index (κ3) is 2.72. The highest BCUT2D eigenvalue weighted by Gasteiger charge is 2.39. The summed E-state index contributed by atoms with van der Waals surface area (Å²) in [6.07, 6.45) is 4.40. The maximum Gasteiger partial charge on any atom is 0.140 e. The molecular weight excluding hydrogens is 256 g/mol. The number of nitrogens with zero attached hydrogens (tertiary/aromatic N) is 2. The van der Waals surface area contributed by atoms with Crippen LogP contribution >= 0.6 is 11.6 Å². The van der Waals surface area contributed by atoms with Gasteiger partial charge >= 0.3 is 0 Å². The highest BCUT2D eigenvalue weighted by Crippen LogP contribution is 2.36. The maximum absolute atomic E-state index is 9.69. The molecule has 2 rings (SSSR count). The van der Waals surface area contributed by atoms with E-state index in [0.29, 0.717) is 5.02 Å². The molecule has 1 atom stereocenters. The minimum absolute atomic E-state index is 0.0966. The Hall–Kier alpha value is -1.59. The first-order valence-electron chi connectivity index (χ1n) is 6.29. The minimum Gasteiger partial charge on any atom is -0.264 e. The number of hydrogen-bond acceptors (Lipinski definition) is 2. The van der Waals surface area contributed by atoms with Gasteiger partial charge in [-0.15, -0.1) is 0 Å². The van der Waals surface area contributed by atoms with Gasteiger partial charge in [-0.3, -0.25) is 4.99 Å². The average Bonchev–Trinajstić information content (AvgIpc) is 2.72. The van der Waals surface area contributed by atoms with Crippen LogP contribution in [0.15, 0.2) is 41.5 Å². The molecule has 0 saturated carbocycles. The molecule has 1 aliphatic rings. The van der Waals surface area contributed by atoms with Gasteiger partial charge in [-0.25, -0.2) is 0 Å². The second-order valence-electron chi connectivity index (χ2n) is 6.06. The topological polar surface area (TPSA) is 36.1 Å². The fraction of sp³-hybridized carbons (Fsp3) is 0.375. The molecule has 1 unspecified atom stereocenters. The molecule has 1 aliphatic heterocycles. The van der Waals surface area contributed by atoms with Gasteiger partial charge in [0.15, 0.2) is 0 Å². The second kappa shape index (κ2) is 4.83. The van der Waals surface area contributed by atoms with Crippen molar-refractivity contribution in [3.8, 4) is 6.07 Å². The summed E-state index contributed by atoms with van der Waals surface area (Å²) >= 11 is 5.92. The molecule has 0 aromatic heterocycles. The molecule has 98 valence electrons. The van der Waals surface area contributed by atoms with Crippen LogP contribution in [0, 0.1) is 16.7 Å². The standard InChI is InChI=1S/C16H17ClN2/c1-15(2,3)10-14-16(11-18,8-9-19-14)12-4-6-13(17)7-5-12/h4-9H,10H2,1-3H3. The van der Waals surface area contributed by atoms with Gasteiger partial charge in [-0.05, 0) is 35.6 Å². The van der Waals surface area contributed by atoms with Crippen LogP contribution in [0.5, 0.6) is 0 Å². The highest BCUT2D eigenvalue weighted by atomic mass is 35.5. The lowest BCUT2D eigenvalue weighted by molar-refractivity contribution is 0.429. The van der Waals surface area contributed by atoms with Gasteiger partial charge in [-0.2, -0.15) is 5.26 Å². The Morgan fingerprint density at radius 2 is 1.89 bits per heavy atom. The number of aliphatic imine (C=N–C) groups is 1. The lowest BCUT2D eigenvalue weighted by atomic mass is 9.73. The quantitative estimate of drug-likeness (QED) is 0.780. The molecule has 0 fully saturated rings. The van der Waals surface area contributed by atoms with E-state index in [1.165, 1.54) is 0 Å². The van der Waals surface area contributed by atoms with E-state index in [0.717, 1.165) is 17.7 Å². The minimum atomic E-state index is -0.738. The Morgan fingerprint density at radius 1 is 1.26 bits per heavy atom. The van der Waals surface area contributed by atoms with Crippen molar-refractivity contribution >= 4 is 17.3 Å². The molecule has 1 heterocycles. The van der Waals surface area contributed by atoms with Gasteiger partial charge in [0, 0.05) is 16.9 Å². The van der Waals surface area contributed by atoms with E-state index in [2.05, 4.69) is 31.8 Å². The number of nitriles is 1. The molecule has 1 aromatic carbocycles. The van der Waals surface area contributed by atoms with Crippen molar-refractivity contribution in [1.82, 2.24) is 0 Å². The first kappa shape index (κ1) is 13.8. The molecule has 2 nitrogen and oxygen atoms in total. The molecule has 3 heteroatoms. The van der Waals surface area contributed by atoms with Crippen LogP contribution < -0.4 is 0 Å². The first-order valence-corrected chi connectivity index (χ1v) is 6.67.